The number of aryl methyl sites for hydroxylation is 2. The number of rotatable bonds is 5. The van der Waals surface area contributed by atoms with Gasteiger partial charge < -0.3 is 11.1 Å². The molecule has 2 aromatic rings. The van der Waals surface area contributed by atoms with E-state index < -0.39 is 0 Å². The molecule has 18 heavy (non-hydrogen) atoms. The summed E-state index contributed by atoms with van der Waals surface area (Å²) in [6, 6.07) is 0. The van der Waals surface area contributed by atoms with Crippen molar-refractivity contribution in [3.8, 4) is 0 Å². The van der Waals surface area contributed by atoms with Crippen LogP contribution in [0.15, 0.2) is 12.4 Å². The number of nitrogen functional groups attached to an aromatic ring is 1. The highest BCUT2D eigenvalue weighted by molar-refractivity contribution is 5.54. The van der Waals surface area contributed by atoms with Crippen molar-refractivity contribution in [2.45, 2.75) is 26.8 Å². The van der Waals surface area contributed by atoms with E-state index in [1.54, 1.807) is 10.9 Å². The van der Waals surface area contributed by atoms with Gasteiger partial charge in [0.2, 0.25) is 0 Å². The predicted octanol–water partition coefficient (Wildman–Crippen LogP) is 0.769. The molecular formula is C11H17N7. The van der Waals surface area contributed by atoms with Crippen molar-refractivity contribution in [1.82, 2.24) is 25.0 Å². The highest BCUT2D eigenvalue weighted by atomic mass is 15.4. The van der Waals surface area contributed by atoms with Crippen LogP contribution in [0.1, 0.15) is 17.8 Å². The lowest BCUT2D eigenvalue weighted by Crippen LogP contribution is -2.11. The molecule has 3 N–H and O–H groups in total. The first-order valence-electron chi connectivity index (χ1n) is 5.85. The molecule has 96 valence electrons. The number of nitrogens with zero attached hydrogens (tertiary/aromatic N) is 5. The van der Waals surface area contributed by atoms with E-state index >= 15 is 0 Å². The summed E-state index contributed by atoms with van der Waals surface area (Å²) in [6.07, 6.45) is 4.45. The van der Waals surface area contributed by atoms with Crippen LogP contribution in [-0.2, 0) is 6.54 Å². The average Bonchev–Trinajstić information content (AvgIpc) is 2.83. The van der Waals surface area contributed by atoms with Crippen LogP contribution >= 0.6 is 0 Å². The van der Waals surface area contributed by atoms with E-state index in [1.807, 2.05) is 20.0 Å². The van der Waals surface area contributed by atoms with E-state index in [-0.39, 0.29) is 0 Å². The molecule has 0 atom stereocenters. The van der Waals surface area contributed by atoms with Gasteiger partial charge in [-0.25, -0.2) is 9.97 Å². The summed E-state index contributed by atoms with van der Waals surface area (Å²) in [5.41, 5.74) is 6.68. The van der Waals surface area contributed by atoms with Crippen molar-refractivity contribution < 1.29 is 0 Å². The van der Waals surface area contributed by atoms with Gasteiger partial charge in [0.15, 0.2) is 0 Å². The number of anilines is 2. The van der Waals surface area contributed by atoms with Crippen molar-refractivity contribution in [3.05, 3.63) is 23.8 Å². The molecule has 0 amide bonds. The molecule has 0 bridgehead atoms. The van der Waals surface area contributed by atoms with Crippen molar-refractivity contribution in [1.29, 1.82) is 0 Å². The highest BCUT2D eigenvalue weighted by Gasteiger charge is 2.05. The van der Waals surface area contributed by atoms with Gasteiger partial charge in [-0.15, -0.1) is 5.10 Å². The maximum absolute atomic E-state index is 5.79. The minimum atomic E-state index is 0.529. The Bertz CT molecular complexity index is 506. The van der Waals surface area contributed by atoms with Gasteiger partial charge in [0.25, 0.3) is 0 Å². The average molecular weight is 247 g/mol. The van der Waals surface area contributed by atoms with Crippen LogP contribution in [0.2, 0.25) is 0 Å². The second-order valence-electron chi connectivity index (χ2n) is 4.08. The Balaban J connectivity index is 1.86. The van der Waals surface area contributed by atoms with Crippen LogP contribution in [0.25, 0.3) is 0 Å². The quantitative estimate of drug-likeness (QED) is 0.758. The van der Waals surface area contributed by atoms with E-state index in [2.05, 4.69) is 25.6 Å². The molecule has 0 aromatic carbocycles. The molecule has 0 radical (unpaired) electrons. The standard InChI is InChI=1S/C11H17N7/c1-8-10(12)15-9(2)16-11(8)13-4-3-6-18-7-5-14-17-18/h5,7H,3-4,6H2,1-2H3,(H3,12,13,15,16). The molecule has 0 aliphatic rings. The summed E-state index contributed by atoms with van der Waals surface area (Å²) in [6.45, 7) is 5.37. The Kier molecular flexibility index (Phi) is 3.71. The molecule has 0 aliphatic carbocycles. The van der Waals surface area contributed by atoms with Crippen LogP contribution in [0.4, 0.5) is 11.6 Å². The summed E-state index contributed by atoms with van der Waals surface area (Å²) in [5.74, 6) is 2.01. The molecule has 2 rings (SSSR count). The zero-order valence-electron chi connectivity index (χ0n) is 10.6. The van der Waals surface area contributed by atoms with Gasteiger partial charge in [-0.05, 0) is 20.3 Å². The smallest absolute Gasteiger partial charge is 0.134 e. The van der Waals surface area contributed by atoms with E-state index in [0.29, 0.717) is 11.6 Å². The Morgan fingerprint density at radius 3 is 2.89 bits per heavy atom. The third kappa shape index (κ3) is 2.93. The number of nitrogens with two attached hydrogens (primary N) is 1. The third-order valence-electron chi connectivity index (χ3n) is 2.62. The Labute approximate surface area is 105 Å². The molecule has 0 spiro atoms. The van der Waals surface area contributed by atoms with Gasteiger partial charge in [-0.3, -0.25) is 4.68 Å². The minimum absolute atomic E-state index is 0.529. The lowest BCUT2D eigenvalue weighted by Gasteiger charge is -2.10. The summed E-state index contributed by atoms with van der Waals surface area (Å²) in [5, 5.41) is 10.9. The number of hydrogen-bond donors (Lipinski definition) is 2. The topological polar surface area (TPSA) is 94.5 Å². The molecule has 7 heteroatoms. The number of nitrogens with one attached hydrogen (secondary N) is 1. The molecule has 0 fully saturated rings. The zero-order valence-corrected chi connectivity index (χ0v) is 10.6. The van der Waals surface area contributed by atoms with Gasteiger partial charge in [-0.2, -0.15) is 0 Å². The predicted molar refractivity (Wildman–Crippen MR) is 69.0 cm³/mol. The van der Waals surface area contributed by atoms with E-state index in [1.165, 1.54) is 0 Å². The van der Waals surface area contributed by atoms with Gasteiger partial charge in [0, 0.05) is 24.8 Å². The summed E-state index contributed by atoms with van der Waals surface area (Å²) >= 11 is 0. The third-order valence-corrected chi connectivity index (χ3v) is 2.62. The van der Waals surface area contributed by atoms with Crippen molar-refractivity contribution in [2.24, 2.45) is 0 Å². The fraction of sp³-hybridized carbons (Fsp3) is 0.455. The molecular weight excluding hydrogens is 230 g/mol. The van der Waals surface area contributed by atoms with Crippen molar-refractivity contribution in [3.63, 3.8) is 0 Å². The van der Waals surface area contributed by atoms with Crippen LogP contribution in [0, 0.1) is 13.8 Å². The van der Waals surface area contributed by atoms with Crippen LogP contribution in [0.5, 0.6) is 0 Å². The van der Waals surface area contributed by atoms with E-state index in [9.17, 15) is 0 Å². The lowest BCUT2D eigenvalue weighted by atomic mass is 10.3. The first-order valence-corrected chi connectivity index (χ1v) is 5.85. The molecule has 2 aromatic heterocycles. The molecule has 2 heterocycles. The maximum Gasteiger partial charge on any atom is 0.134 e. The molecule has 0 unspecified atom stereocenters. The fourth-order valence-electron chi connectivity index (χ4n) is 1.62. The van der Waals surface area contributed by atoms with Gasteiger partial charge in [0.1, 0.15) is 17.5 Å². The minimum Gasteiger partial charge on any atom is -0.383 e. The second kappa shape index (κ2) is 5.44. The van der Waals surface area contributed by atoms with Gasteiger partial charge >= 0.3 is 0 Å². The normalized spacial score (nSPS) is 10.6. The molecule has 0 saturated carbocycles. The molecule has 0 saturated heterocycles. The summed E-state index contributed by atoms with van der Waals surface area (Å²) in [7, 11) is 0. The van der Waals surface area contributed by atoms with E-state index in [0.717, 1.165) is 30.9 Å². The van der Waals surface area contributed by atoms with Crippen LogP contribution in [0.3, 0.4) is 0 Å². The zero-order chi connectivity index (χ0) is 13.0. The number of aromatic nitrogens is 5. The first kappa shape index (κ1) is 12.3. The SMILES string of the molecule is Cc1nc(N)c(C)c(NCCCn2ccnn2)n1. The monoisotopic (exact) mass is 247 g/mol. The Hall–Kier alpha value is -2.18. The lowest BCUT2D eigenvalue weighted by molar-refractivity contribution is 0.569. The van der Waals surface area contributed by atoms with Crippen LogP contribution in [-0.4, -0.2) is 31.5 Å². The first-order chi connectivity index (χ1) is 8.66. The van der Waals surface area contributed by atoms with Gasteiger partial charge in [0.05, 0.1) is 6.20 Å². The second-order valence-corrected chi connectivity index (χ2v) is 4.08. The maximum atomic E-state index is 5.79. The fourth-order valence-corrected chi connectivity index (χ4v) is 1.62. The van der Waals surface area contributed by atoms with E-state index in [4.69, 9.17) is 5.73 Å². The van der Waals surface area contributed by atoms with Gasteiger partial charge in [-0.1, -0.05) is 5.21 Å². The van der Waals surface area contributed by atoms with Crippen LogP contribution < -0.4 is 11.1 Å². The number of hydrogen-bond acceptors (Lipinski definition) is 6. The largest absolute Gasteiger partial charge is 0.383 e. The highest BCUT2D eigenvalue weighted by Crippen LogP contribution is 2.16. The molecule has 7 nitrogen and oxygen atoms in total. The summed E-state index contributed by atoms with van der Waals surface area (Å²) in [4.78, 5) is 8.44. The van der Waals surface area contributed by atoms with Crippen molar-refractivity contribution >= 4 is 11.6 Å². The molecule has 0 aliphatic heterocycles. The Morgan fingerprint density at radius 1 is 1.33 bits per heavy atom. The Morgan fingerprint density at radius 2 is 2.17 bits per heavy atom. The summed E-state index contributed by atoms with van der Waals surface area (Å²) < 4.78 is 1.80. The van der Waals surface area contributed by atoms with Crippen molar-refractivity contribution in [2.75, 3.05) is 17.6 Å².